The minimum absolute atomic E-state index is 0.419. The summed E-state index contributed by atoms with van der Waals surface area (Å²) in [7, 11) is 0. The summed E-state index contributed by atoms with van der Waals surface area (Å²) in [6.07, 6.45) is 0. The van der Waals surface area contributed by atoms with Gasteiger partial charge in [0.05, 0.1) is 17.6 Å². The number of aromatic amines is 1. The van der Waals surface area contributed by atoms with Crippen molar-refractivity contribution in [2.45, 2.75) is 20.5 Å². The van der Waals surface area contributed by atoms with E-state index in [1.807, 2.05) is 56.3 Å². The number of nitrogens with one attached hydrogen (secondary N) is 1. The van der Waals surface area contributed by atoms with Gasteiger partial charge in [0.2, 0.25) is 0 Å². The number of imidazole rings is 1. The Hall–Kier alpha value is -2.49. The van der Waals surface area contributed by atoms with E-state index in [1.54, 1.807) is 0 Å². The van der Waals surface area contributed by atoms with E-state index in [2.05, 4.69) is 9.97 Å². The Kier molecular flexibility index (Phi) is 3.77. The third-order valence-electron chi connectivity index (χ3n) is 3.18. The fourth-order valence-electron chi connectivity index (χ4n) is 2.22. The standard InChI is InChI=1S/C17H18N2O2/c1-3-20-14-7-8-15-16(10-14)19-17(18-15)11-21-13-6-4-5-12(2)9-13/h4-10H,3,11H2,1-2H3,(H,18,19). The summed E-state index contributed by atoms with van der Waals surface area (Å²) in [6.45, 7) is 5.09. The van der Waals surface area contributed by atoms with E-state index in [0.29, 0.717) is 13.2 Å². The van der Waals surface area contributed by atoms with Crippen molar-refractivity contribution >= 4 is 11.0 Å². The van der Waals surface area contributed by atoms with E-state index in [0.717, 1.165) is 28.4 Å². The van der Waals surface area contributed by atoms with Crippen LogP contribution in [0.15, 0.2) is 42.5 Å². The van der Waals surface area contributed by atoms with E-state index in [4.69, 9.17) is 9.47 Å². The van der Waals surface area contributed by atoms with Gasteiger partial charge in [-0.25, -0.2) is 4.98 Å². The molecule has 0 saturated carbocycles. The number of benzene rings is 2. The normalized spacial score (nSPS) is 10.8. The molecule has 3 rings (SSSR count). The fraction of sp³-hybridized carbons (Fsp3) is 0.235. The van der Waals surface area contributed by atoms with Gasteiger partial charge in [0, 0.05) is 6.07 Å². The quantitative estimate of drug-likeness (QED) is 0.773. The van der Waals surface area contributed by atoms with Crippen molar-refractivity contribution in [2.75, 3.05) is 6.61 Å². The molecule has 0 aliphatic rings. The SMILES string of the molecule is CCOc1ccc2nc(COc3cccc(C)c3)[nH]c2c1. The van der Waals surface area contributed by atoms with Crippen LogP contribution in [0.25, 0.3) is 11.0 Å². The maximum absolute atomic E-state index is 5.76. The Morgan fingerprint density at radius 3 is 2.71 bits per heavy atom. The van der Waals surface area contributed by atoms with Crippen molar-refractivity contribution < 1.29 is 9.47 Å². The third-order valence-corrected chi connectivity index (χ3v) is 3.18. The van der Waals surface area contributed by atoms with Gasteiger partial charge in [-0.05, 0) is 43.7 Å². The number of fused-ring (bicyclic) bond motifs is 1. The summed E-state index contributed by atoms with van der Waals surface area (Å²) in [6, 6.07) is 13.8. The Bertz CT molecular complexity index is 749. The van der Waals surface area contributed by atoms with Crippen LogP contribution in [0.3, 0.4) is 0 Å². The second-order valence-corrected chi connectivity index (χ2v) is 4.90. The van der Waals surface area contributed by atoms with Crippen molar-refractivity contribution in [3.05, 3.63) is 53.9 Å². The van der Waals surface area contributed by atoms with Crippen LogP contribution in [0.5, 0.6) is 11.5 Å². The van der Waals surface area contributed by atoms with Crippen LogP contribution in [0.1, 0.15) is 18.3 Å². The number of hydrogen-bond donors (Lipinski definition) is 1. The lowest BCUT2D eigenvalue weighted by atomic mass is 10.2. The molecule has 2 aromatic carbocycles. The number of hydrogen-bond acceptors (Lipinski definition) is 3. The smallest absolute Gasteiger partial charge is 0.146 e. The van der Waals surface area contributed by atoms with Gasteiger partial charge >= 0.3 is 0 Å². The highest BCUT2D eigenvalue weighted by Gasteiger charge is 2.05. The predicted octanol–water partition coefficient (Wildman–Crippen LogP) is 3.85. The molecule has 0 aliphatic heterocycles. The highest BCUT2D eigenvalue weighted by molar-refractivity contribution is 5.76. The van der Waals surface area contributed by atoms with Crippen LogP contribution in [0.2, 0.25) is 0 Å². The van der Waals surface area contributed by atoms with Crippen LogP contribution in [-0.2, 0) is 6.61 Å². The molecule has 0 unspecified atom stereocenters. The second-order valence-electron chi connectivity index (χ2n) is 4.90. The Morgan fingerprint density at radius 1 is 1.05 bits per heavy atom. The lowest BCUT2D eigenvalue weighted by Crippen LogP contribution is -1.97. The van der Waals surface area contributed by atoms with Gasteiger partial charge in [0.1, 0.15) is 23.9 Å². The van der Waals surface area contributed by atoms with E-state index in [1.165, 1.54) is 5.56 Å². The zero-order valence-corrected chi connectivity index (χ0v) is 12.2. The number of ether oxygens (including phenoxy) is 2. The zero-order valence-electron chi connectivity index (χ0n) is 12.2. The van der Waals surface area contributed by atoms with Gasteiger partial charge in [0.25, 0.3) is 0 Å². The van der Waals surface area contributed by atoms with Gasteiger partial charge in [0.15, 0.2) is 0 Å². The van der Waals surface area contributed by atoms with Crippen LogP contribution in [0, 0.1) is 6.92 Å². The molecule has 0 amide bonds. The number of rotatable bonds is 5. The maximum atomic E-state index is 5.76. The lowest BCUT2D eigenvalue weighted by Gasteiger charge is -2.04. The summed E-state index contributed by atoms with van der Waals surface area (Å²) in [5.74, 6) is 2.51. The molecule has 1 aromatic heterocycles. The molecule has 4 nitrogen and oxygen atoms in total. The average molecular weight is 282 g/mol. The Labute approximate surface area is 123 Å². The van der Waals surface area contributed by atoms with Crippen molar-refractivity contribution in [2.24, 2.45) is 0 Å². The molecule has 1 heterocycles. The first-order chi connectivity index (χ1) is 10.2. The van der Waals surface area contributed by atoms with Crippen LogP contribution in [0.4, 0.5) is 0 Å². The molecular formula is C17H18N2O2. The molecule has 0 fully saturated rings. The first-order valence-electron chi connectivity index (χ1n) is 7.05. The topological polar surface area (TPSA) is 47.1 Å². The van der Waals surface area contributed by atoms with E-state index in [9.17, 15) is 0 Å². The molecule has 4 heteroatoms. The second kappa shape index (κ2) is 5.87. The highest BCUT2D eigenvalue weighted by Crippen LogP contribution is 2.20. The van der Waals surface area contributed by atoms with Gasteiger partial charge in [-0.15, -0.1) is 0 Å². The summed E-state index contributed by atoms with van der Waals surface area (Å²) in [5.41, 5.74) is 3.06. The zero-order chi connectivity index (χ0) is 14.7. The van der Waals surface area contributed by atoms with Crippen molar-refractivity contribution in [1.82, 2.24) is 9.97 Å². The van der Waals surface area contributed by atoms with Gasteiger partial charge in [-0.3, -0.25) is 0 Å². The predicted molar refractivity (Wildman–Crippen MR) is 82.8 cm³/mol. The molecule has 0 bridgehead atoms. The highest BCUT2D eigenvalue weighted by atomic mass is 16.5. The van der Waals surface area contributed by atoms with Crippen molar-refractivity contribution in [1.29, 1.82) is 0 Å². The van der Waals surface area contributed by atoms with E-state index in [-0.39, 0.29) is 0 Å². The number of nitrogens with zero attached hydrogens (tertiary/aromatic N) is 1. The Morgan fingerprint density at radius 2 is 1.90 bits per heavy atom. The number of aryl methyl sites for hydroxylation is 1. The largest absolute Gasteiger partial charge is 0.494 e. The maximum Gasteiger partial charge on any atom is 0.146 e. The van der Waals surface area contributed by atoms with Crippen LogP contribution in [-0.4, -0.2) is 16.6 Å². The number of aromatic nitrogens is 2. The van der Waals surface area contributed by atoms with E-state index < -0.39 is 0 Å². The Balaban J connectivity index is 1.75. The third kappa shape index (κ3) is 3.16. The van der Waals surface area contributed by atoms with E-state index >= 15 is 0 Å². The lowest BCUT2D eigenvalue weighted by molar-refractivity contribution is 0.297. The summed E-state index contributed by atoms with van der Waals surface area (Å²) in [5, 5.41) is 0. The molecule has 108 valence electrons. The van der Waals surface area contributed by atoms with Crippen LogP contribution >= 0.6 is 0 Å². The summed E-state index contributed by atoms with van der Waals surface area (Å²) in [4.78, 5) is 7.78. The molecule has 0 aliphatic carbocycles. The summed E-state index contributed by atoms with van der Waals surface area (Å²) < 4.78 is 11.2. The first kappa shape index (κ1) is 13.5. The molecule has 0 atom stereocenters. The van der Waals surface area contributed by atoms with Crippen LogP contribution < -0.4 is 9.47 Å². The molecule has 0 spiro atoms. The molecule has 0 radical (unpaired) electrons. The molecule has 0 saturated heterocycles. The average Bonchev–Trinajstić information content (AvgIpc) is 2.88. The number of H-pyrrole nitrogens is 1. The first-order valence-corrected chi connectivity index (χ1v) is 7.05. The van der Waals surface area contributed by atoms with Gasteiger partial charge in [-0.1, -0.05) is 12.1 Å². The van der Waals surface area contributed by atoms with Gasteiger partial charge in [-0.2, -0.15) is 0 Å². The fourth-order valence-corrected chi connectivity index (χ4v) is 2.22. The minimum atomic E-state index is 0.419. The van der Waals surface area contributed by atoms with Crippen molar-refractivity contribution in [3.63, 3.8) is 0 Å². The molecule has 3 aromatic rings. The molecule has 1 N–H and O–H groups in total. The summed E-state index contributed by atoms with van der Waals surface area (Å²) >= 11 is 0. The van der Waals surface area contributed by atoms with Gasteiger partial charge < -0.3 is 14.5 Å². The monoisotopic (exact) mass is 282 g/mol. The molecule has 21 heavy (non-hydrogen) atoms. The minimum Gasteiger partial charge on any atom is -0.494 e. The van der Waals surface area contributed by atoms with Crippen molar-refractivity contribution in [3.8, 4) is 11.5 Å². The molecular weight excluding hydrogens is 264 g/mol.